The van der Waals surface area contributed by atoms with E-state index in [0.717, 1.165) is 11.3 Å². The standard InChI is InChI=1S/C23H27ClN2O5S/c1-5-25(6-2)32(28,29)18-8-9-20-17(15-18)11-12-26(20)22(27)10-7-16-13-19(24)23(31-4)21(14-16)30-3/h7-10,13-15H,5-6,11-12H2,1-4H3/b10-7+. The van der Waals surface area contributed by atoms with Gasteiger partial charge in [0.2, 0.25) is 10.0 Å². The summed E-state index contributed by atoms with van der Waals surface area (Å²) in [6.45, 7) is 4.93. The van der Waals surface area contributed by atoms with Crippen molar-refractivity contribution in [2.24, 2.45) is 0 Å². The molecule has 0 saturated heterocycles. The lowest BCUT2D eigenvalue weighted by atomic mass is 10.1. The summed E-state index contributed by atoms with van der Waals surface area (Å²) in [6.07, 6.45) is 3.72. The van der Waals surface area contributed by atoms with E-state index in [2.05, 4.69) is 0 Å². The fourth-order valence-corrected chi connectivity index (χ4v) is 5.58. The number of carbonyl (C=O) groups excluding carboxylic acids is 1. The number of anilines is 1. The fraction of sp³-hybridized carbons (Fsp3) is 0.348. The zero-order valence-electron chi connectivity index (χ0n) is 18.6. The van der Waals surface area contributed by atoms with Crippen LogP contribution in [0.4, 0.5) is 5.69 Å². The van der Waals surface area contributed by atoms with Crippen molar-refractivity contribution in [3.05, 3.63) is 52.6 Å². The van der Waals surface area contributed by atoms with E-state index in [-0.39, 0.29) is 10.8 Å². The van der Waals surface area contributed by atoms with Crippen molar-refractivity contribution in [3.63, 3.8) is 0 Å². The largest absolute Gasteiger partial charge is 0.493 e. The van der Waals surface area contributed by atoms with Crippen molar-refractivity contribution in [2.45, 2.75) is 25.2 Å². The number of halogens is 1. The van der Waals surface area contributed by atoms with Gasteiger partial charge in [0, 0.05) is 31.4 Å². The van der Waals surface area contributed by atoms with E-state index in [1.807, 2.05) is 13.8 Å². The van der Waals surface area contributed by atoms with Gasteiger partial charge in [-0.05, 0) is 54.0 Å². The van der Waals surface area contributed by atoms with Gasteiger partial charge < -0.3 is 14.4 Å². The van der Waals surface area contributed by atoms with E-state index >= 15 is 0 Å². The van der Waals surface area contributed by atoms with E-state index in [1.165, 1.54) is 24.6 Å². The molecule has 32 heavy (non-hydrogen) atoms. The number of rotatable bonds is 8. The Morgan fingerprint density at radius 1 is 1.16 bits per heavy atom. The predicted molar refractivity (Wildman–Crippen MR) is 126 cm³/mol. The Labute approximate surface area is 194 Å². The van der Waals surface area contributed by atoms with Crippen LogP contribution in [0.5, 0.6) is 11.5 Å². The third-order valence-electron chi connectivity index (χ3n) is 5.43. The number of carbonyl (C=O) groups is 1. The van der Waals surface area contributed by atoms with Crippen molar-refractivity contribution >= 4 is 39.3 Å². The number of sulfonamides is 1. The second-order valence-electron chi connectivity index (χ2n) is 7.19. The minimum absolute atomic E-state index is 0.200. The first-order valence-corrected chi connectivity index (χ1v) is 12.1. The van der Waals surface area contributed by atoms with Crippen LogP contribution >= 0.6 is 11.6 Å². The van der Waals surface area contributed by atoms with Crippen LogP contribution in [-0.2, 0) is 21.2 Å². The number of amides is 1. The molecule has 9 heteroatoms. The molecule has 0 saturated carbocycles. The SMILES string of the molecule is CCN(CC)S(=O)(=O)c1ccc2c(c1)CCN2C(=O)/C=C/c1cc(Cl)c(OC)c(OC)c1. The summed E-state index contributed by atoms with van der Waals surface area (Å²) in [4.78, 5) is 14.7. The number of benzene rings is 2. The molecular formula is C23H27ClN2O5S. The highest BCUT2D eigenvalue weighted by Gasteiger charge is 2.27. The zero-order chi connectivity index (χ0) is 23.5. The number of hydrogen-bond donors (Lipinski definition) is 0. The molecule has 0 N–H and O–H groups in total. The Morgan fingerprint density at radius 2 is 1.88 bits per heavy atom. The van der Waals surface area contributed by atoms with Crippen molar-refractivity contribution in [1.82, 2.24) is 4.31 Å². The van der Waals surface area contributed by atoms with Crippen molar-refractivity contribution in [1.29, 1.82) is 0 Å². The summed E-state index contributed by atoms with van der Waals surface area (Å²) >= 11 is 6.23. The van der Waals surface area contributed by atoms with E-state index < -0.39 is 10.0 Å². The molecular weight excluding hydrogens is 452 g/mol. The van der Waals surface area contributed by atoms with Crippen LogP contribution in [0.15, 0.2) is 41.3 Å². The molecule has 2 aromatic rings. The maximum absolute atomic E-state index is 12.9. The van der Waals surface area contributed by atoms with Gasteiger partial charge in [0.1, 0.15) is 0 Å². The minimum atomic E-state index is -3.54. The summed E-state index contributed by atoms with van der Waals surface area (Å²) in [5.41, 5.74) is 2.26. The first-order valence-electron chi connectivity index (χ1n) is 10.3. The van der Waals surface area contributed by atoms with E-state index in [9.17, 15) is 13.2 Å². The second kappa shape index (κ2) is 9.94. The van der Waals surface area contributed by atoms with Crippen LogP contribution in [0.1, 0.15) is 25.0 Å². The van der Waals surface area contributed by atoms with Crippen molar-refractivity contribution in [2.75, 3.05) is 38.8 Å². The van der Waals surface area contributed by atoms with E-state index in [0.29, 0.717) is 48.1 Å². The Morgan fingerprint density at radius 3 is 2.50 bits per heavy atom. The van der Waals surface area contributed by atoms with Crippen LogP contribution in [0.25, 0.3) is 6.08 Å². The monoisotopic (exact) mass is 478 g/mol. The molecule has 0 fully saturated rings. The molecule has 7 nitrogen and oxygen atoms in total. The van der Waals surface area contributed by atoms with Crippen LogP contribution in [0.3, 0.4) is 0 Å². The maximum atomic E-state index is 12.9. The summed E-state index contributed by atoms with van der Waals surface area (Å²) in [6, 6.07) is 8.37. The highest BCUT2D eigenvalue weighted by atomic mass is 35.5. The average molecular weight is 479 g/mol. The predicted octanol–water partition coefficient (Wildman–Crippen LogP) is 3.99. The first kappa shape index (κ1) is 24.1. The molecule has 3 rings (SSSR count). The topological polar surface area (TPSA) is 76.2 Å². The van der Waals surface area contributed by atoms with Crippen LogP contribution in [0, 0.1) is 0 Å². The molecule has 0 spiro atoms. The molecule has 1 heterocycles. The van der Waals surface area contributed by atoms with Gasteiger partial charge in [-0.25, -0.2) is 8.42 Å². The minimum Gasteiger partial charge on any atom is -0.493 e. The van der Waals surface area contributed by atoms with Gasteiger partial charge in [0.05, 0.1) is 24.1 Å². The number of fused-ring (bicyclic) bond motifs is 1. The smallest absolute Gasteiger partial charge is 0.251 e. The summed E-state index contributed by atoms with van der Waals surface area (Å²) < 4.78 is 37.5. The summed E-state index contributed by atoms with van der Waals surface area (Å²) in [5.74, 6) is 0.705. The molecule has 0 radical (unpaired) electrons. The van der Waals surface area contributed by atoms with Gasteiger partial charge in [-0.1, -0.05) is 25.4 Å². The lowest BCUT2D eigenvalue weighted by Gasteiger charge is -2.19. The first-order chi connectivity index (χ1) is 15.3. The highest BCUT2D eigenvalue weighted by Crippen LogP contribution is 2.36. The van der Waals surface area contributed by atoms with Crippen LogP contribution in [-0.4, -0.2) is 52.5 Å². The van der Waals surface area contributed by atoms with Gasteiger partial charge in [-0.15, -0.1) is 0 Å². The lowest BCUT2D eigenvalue weighted by Crippen LogP contribution is -2.30. The van der Waals surface area contributed by atoms with Gasteiger partial charge in [0.25, 0.3) is 5.91 Å². The molecule has 2 aromatic carbocycles. The Kier molecular flexibility index (Phi) is 7.48. The number of methoxy groups -OCH3 is 2. The van der Waals surface area contributed by atoms with Crippen molar-refractivity contribution < 1.29 is 22.7 Å². The number of nitrogens with zero attached hydrogens (tertiary/aromatic N) is 2. The number of ether oxygens (including phenoxy) is 2. The van der Waals surface area contributed by atoms with E-state index in [4.69, 9.17) is 21.1 Å². The number of hydrogen-bond acceptors (Lipinski definition) is 5. The van der Waals surface area contributed by atoms with Gasteiger partial charge in [-0.3, -0.25) is 4.79 Å². The molecule has 172 valence electrons. The molecule has 0 unspecified atom stereocenters. The molecule has 0 aromatic heterocycles. The van der Waals surface area contributed by atoms with Crippen LogP contribution < -0.4 is 14.4 Å². The Bertz CT molecular complexity index is 1140. The third-order valence-corrected chi connectivity index (χ3v) is 7.76. The molecule has 1 amide bonds. The van der Waals surface area contributed by atoms with Crippen LogP contribution in [0.2, 0.25) is 5.02 Å². The highest BCUT2D eigenvalue weighted by molar-refractivity contribution is 7.89. The Hall–Kier alpha value is -2.55. The molecule has 0 atom stereocenters. The quantitative estimate of drug-likeness (QED) is 0.536. The second-order valence-corrected chi connectivity index (χ2v) is 9.54. The normalized spacial score (nSPS) is 13.6. The average Bonchev–Trinajstić information content (AvgIpc) is 3.21. The fourth-order valence-electron chi connectivity index (χ4n) is 3.77. The molecule has 0 aliphatic carbocycles. The van der Waals surface area contributed by atoms with Crippen molar-refractivity contribution in [3.8, 4) is 11.5 Å². The van der Waals surface area contributed by atoms with Gasteiger partial charge >= 0.3 is 0 Å². The zero-order valence-corrected chi connectivity index (χ0v) is 20.2. The third kappa shape index (κ3) is 4.62. The van der Waals surface area contributed by atoms with E-state index in [1.54, 1.807) is 41.3 Å². The molecule has 1 aliphatic rings. The van der Waals surface area contributed by atoms with Gasteiger partial charge in [0.15, 0.2) is 11.5 Å². The summed E-state index contributed by atoms with van der Waals surface area (Å²) in [5, 5.41) is 0.382. The lowest BCUT2D eigenvalue weighted by molar-refractivity contribution is -0.114. The Balaban J connectivity index is 1.83. The summed E-state index contributed by atoms with van der Waals surface area (Å²) in [7, 11) is -0.519. The molecule has 0 bridgehead atoms. The maximum Gasteiger partial charge on any atom is 0.251 e. The van der Waals surface area contributed by atoms with Gasteiger partial charge in [-0.2, -0.15) is 4.31 Å². The molecule has 1 aliphatic heterocycles.